The van der Waals surface area contributed by atoms with Crippen LogP contribution in [0.2, 0.25) is 0 Å². The number of likely N-dealkylation sites (N-methyl/N-ethyl adjacent to an activating group) is 1. The molecular formula is C25H35N3O5. The molecule has 1 aliphatic rings. The van der Waals surface area contributed by atoms with Crippen molar-refractivity contribution in [3.05, 3.63) is 35.4 Å². The number of nitrogens with zero attached hydrogens (tertiary/aromatic N) is 1. The number of carbonyl (C=O) groups is 3. The predicted molar refractivity (Wildman–Crippen MR) is 125 cm³/mol. The number of alkyl carbamates (subject to hydrolysis) is 1. The molecule has 0 heterocycles. The third kappa shape index (κ3) is 7.50. The number of hydrogen-bond acceptors (Lipinski definition) is 5. The van der Waals surface area contributed by atoms with Gasteiger partial charge in [-0.1, -0.05) is 43.4 Å². The van der Waals surface area contributed by atoms with Crippen molar-refractivity contribution in [2.24, 2.45) is 0 Å². The van der Waals surface area contributed by atoms with Gasteiger partial charge in [-0.3, -0.25) is 9.59 Å². The van der Waals surface area contributed by atoms with Crippen LogP contribution in [0.3, 0.4) is 0 Å². The van der Waals surface area contributed by atoms with Gasteiger partial charge in [-0.2, -0.15) is 0 Å². The van der Waals surface area contributed by atoms with E-state index < -0.39 is 36.3 Å². The van der Waals surface area contributed by atoms with Crippen molar-refractivity contribution in [2.75, 3.05) is 13.7 Å². The molecule has 8 heteroatoms. The first-order valence-electron chi connectivity index (χ1n) is 11.3. The van der Waals surface area contributed by atoms with E-state index in [0.29, 0.717) is 11.1 Å². The number of aliphatic hydroxyl groups is 1. The van der Waals surface area contributed by atoms with Crippen LogP contribution in [-0.4, -0.2) is 59.3 Å². The molecule has 2 atom stereocenters. The van der Waals surface area contributed by atoms with Gasteiger partial charge in [0.25, 0.3) is 0 Å². The van der Waals surface area contributed by atoms with Gasteiger partial charge in [-0.15, -0.1) is 6.42 Å². The zero-order valence-corrected chi connectivity index (χ0v) is 19.9. The lowest BCUT2D eigenvalue weighted by Crippen LogP contribution is -2.54. The van der Waals surface area contributed by atoms with Gasteiger partial charge in [0.2, 0.25) is 11.8 Å². The highest BCUT2D eigenvalue weighted by molar-refractivity contribution is 5.92. The maximum atomic E-state index is 13.4. The van der Waals surface area contributed by atoms with Gasteiger partial charge in [-0.05, 0) is 45.2 Å². The molecule has 0 aliphatic heterocycles. The number of rotatable bonds is 7. The summed E-state index contributed by atoms with van der Waals surface area (Å²) >= 11 is 0. The van der Waals surface area contributed by atoms with E-state index in [1.807, 2.05) is 0 Å². The van der Waals surface area contributed by atoms with Gasteiger partial charge in [0, 0.05) is 18.7 Å². The molecule has 2 unspecified atom stereocenters. The SMILES string of the molecule is C#Cc1ccccc1C(C(=O)NC1CCCCC1)N(C)C(=O)C(CO)NC(=O)OC(C)(C)C. The molecule has 1 fully saturated rings. The third-order valence-corrected chi connectivity index (χ3v) is 5.52. The zero-order chi connectivity index (χ0) is 24.6. The van der Waals surface area contributed by atoms with Crippen LogP contribution in [0.5, 0.6) is 0 Å². The number of terminal acetylenes is 1. The molecular weight excluding hydrogens is 422 g/mol. The van der Waals surface area contributed by atoms with Crippen molar-refractivity contribution >= 4 is 17.9 Å². The monoisotopic (exact) mass is 457 g/mol. The Morgan fingerprint density at radius 2 is 1.85 bits per heavy atom. The van der Waals surface area contributed by atoms with E-state index in [0.717, 1.165) is 32.1 Å². The van der Waals surface area contributed by atoms with Crippen LogP contribution in [0.25, 0.3) is 0 Å². The number of nitrogens with one attached hydrogen (secondary N) is 2. The number of carbonyl (C=O) groups excluding carboxylic acids is 3. The molecule has 0 radical (unpaired) electrons. The van der Waals surface area contributed by atoms with Gasteiger partial charge in [0.05, 0.1) is 6.61 Å². The van der Waals surface area contributed by atoms with Gasteiger partial charge in [0.15, 0.2) is 0 Å². The normalized spacial score (nSPS) is 16.1. The Hall–Kier alpha value is -3.05. The summed E-state index contributed by atoms with van der Waals surface area (Å²) in [6.07, 6.45) is 9.81. The summed E-state index contributed by atoms with van der Waals surface area (Å²) in [4.78, 5) is 40.0. The van der Waals surface area contributed by atoms with E-state index in [4.69, 9.17) is 11.2 Å². The minimum Gasteiger partial charge on any atom is -0.444 e. The van der Waals surface area contributed by atoms with Crippen molar-refractivity contribution < 1.29 is 24.2 Å². The van der Waals surface area contributed by atoms with E-state index in [1.165, 1.54) is 11.9 Å². The lowest BCUT2D eigenvalue weighted by Gasteiger charge is -2.33. The zero-order valence-electron chi connectivity index (χ0n) is 19.9. The van der Waals surface area contributed by atoms with Crippen LogP contribution in [0.4, 0.5) is 4.79 Å². The summed E-state index contributed by atoms with van der Waals surface area (Å²) in [6.45, 7) is 4.42. The maximum Gasteiger partial charge on any atom is 0.408 e. The molecule has 1 aromatic carbocycles. The fourth-order valence-corrected chi connectivity index (χ4v) is 3.93. The lowest BCUT2D eigenvalue weighted by molar-refractivity contribution is -0.141. The Balaban J connectivity index is 2.30. The van der Waals surface area contributed by atoms with Crippen LogP contribution >= 0.6 is 0 Å². The fourth-order valence-electron chi connectivity index (χ4n) is 3.93. The second-order valence-corrected chi connectivity index (χ2v) is 9.31. The Morgan fingerprint density at radius 3 is 2.42 bits per heavy atom. The van der Waals surface area contributed by atoms with E-state index in [9.17, 15) is 19.5 Å². The second-order valence-electron chi connectivity index (χ2n) is 9.31. The largest absolute Gasteiger partial charge is 0.444 e. The van der Waals surface area contributed by atoms with Crippen molar-refractivity contribution in [1.29, 1.82) is 0 Å². The highest BCUT2D eigenvalue weighted by Crippen LogP contribution is 2.26. The Morgan fingerprint density at radius 1 is 1.21 bits per heavy atom. The first-order chi connectivity index (χ1) is 15.6. The molecule has 3 amide bonds. The van der Waals surface area contributed by atoms with Crippen molar-refractivity contribution in [3.63, 3.8) is 0 Å². The summed E-state index contributed by atoms with van der Waals surface area (Å²) < 4.78 is 5.19. The summed E-state index contributed by atoms with van der Waals surface area (Å²) in [6, 6.07) is 4.64. The summed E-state index contributed by atoms with van der Waals surface area (Å²) in [5, 5.41) is 15.2. The molecule has 3 N–H and O–H groups in total. The molecule has 0 saturated heterocycles. The molecule has 1 aromatic rings. The standard InChI is InChI=1S/C25H35N3O5/c1-6-17-12-10-11-15-19(17)21(22(30)26-18-13-8-7-9-14-18)28(5)23(31)20(16-29)27-24(32)33-25(2,3)4/h1,10-12,15,18,20-21,29H,7-9,13-14,16H2,2-5H3,(H,26,30)(H,27,32). The smallest absolute Gasteiger partial charge is 0.408 e. The number of amides is 3. The van der Waals surface area contributed by atoms with Crippen molar-refractivity contribution in [3.8, 4) is 12.3 Å². The quantitative estimate of drug-likeness (QED) is 0.545. The number of ether oxygens (including phenoxy) is 1. The van der Waals surface area contributed by atoms with Gasteiger partial charge < -0.3 is 25.4 Å². The van der Waals surface area contributed by atoms with E-state index in [-0.39, 0.29) is 11.9 Å². The minimum atomic E-state index is -1.28. The molecule has 0 aromatic heterocycles. The van der Waals surface area contributed by atoms with Crippen LogP contribution in [0, 0.1) is 12.3 Å². The third-order valence-electron chi connectivity index (χ3n) is 5.52. The topological polar surface area (TPSA) is 108 Å². The number of aliphatic hydroxyl groups excluding tert-OH is 1. The van der Waals surface area contributed by atoms with Crippen LogP contribution in [0.1, 0.15) is 70.0 Å². The average molecular weight is 458 g/mol. The predicted octanol–water partition coefficient (Wildman–Crippen LogP) is 2.50. The fraction of sp³-hybridized carbons (Fsp3) is 0.560. The molecule has 0 spiro atoms. The first-order valence-corrected chi connectivity index (χ1v) is 11.3. The number of hydrogen-bond donors (Lipinski definition) is 3. The van der Waals surface area contributed by atoms with Gasteiger partial charge in [-0.25, -0.2) is 4.79 Å². The van der Waals surface area contributed by atoms with Gasteiger partial charge >= 0.3 is 6.09 Å². The summed E-state index contributed by atoms with van der Waals surface area (Å²) in [5.74, 6) is 1.58. The van der Waals surface area contributed by atoms with E-state index in [2.05, 4.69) is 16.6 Å². The molecule has 1 saturated carbocycles. The Labute approximate surface area is 196 Å². The molecule has 8 nitrogen and oxygen atoms in total. The summed E-state index contributed by atoms with van der Waals surface area (Å²) in [7, 11) is 1.46. The van der Waals surface area contributed by atoms with Crippen LogP contribution in [0.15, 0.2) is 24.3 Å². The molecule has 180 valence electrons. The van der Waals surface area contributed by atoms with E-state index in [1.54, 1.807) is 45.0 Å². The van der Waals surface area contributed by atoms with E-state index >= 15 is 0 Å². The lowest BCUT2D eigenvalue weighted by atomic mass is 9.94. The van der Waals surface area contributed by atoms with Gasteiger partial charge in [0.1, 0.15) is 17.7 Å². The Bertz CT molecular complexity index is 881. The Kier molecular flexibility index (Phi) is 9.30. The highest BCUT2D eigenvalue weighted by Gasteiger charge is 2.35. The van der Waals surface area contributed by atoms with Crippen molar-refractivity contribution in [2.45, 2.75) is 76.6 Å². The molecule has 33 heavy (non-hydrogen) atoms. The highest BCUT2D eigenvalue weighted by atomic mass is 16.6. The van der Waals surface area contributed by atoms with Crippen LogP contribution < -0.4 is 10.6 Å². The van der Waals surface area contributed by atoms with Crippen LogP contribution in [-0.2, 0) is 14.3 Å². The molecule has 0 bridgehead atoms. The first kappa shape index (κ1) is 26.2. The maximum absolute atomic E-state index is 13.4. The second kappa shape index (κ2) is 11.7. The average Bonchev–Trinajstić information content (AvgIpc) is 2.77. The van der Waals surface area contributed by atoms with Crippen molar-refractivity contribution in [1.82, 2.24) is 15.5 Å². The summed E-state index contributed by atoms with van der Waals surface area (Å²) in [5.41, 5.74) is 0.215. The molecule has 2 rings (SSSR count). The molecule has 1 aliphatic carbocycles. The number of benzene rings is 1. The minimum absolute atomic E-state index is 0.0313.